The van der Waals surface area contributed by atoms with Crippen LogP contribution in [0.2, 0.25) is 0 Å². The Labute approximate surface area is 106 Å². The summed E-state index contributed by atoms with van der Waals surface area (Å²) in [6, 6.07) is 0. The highest BCUT2D eigenvalue weighted by atomic mass is 16.5. The van der Waals surface area contributed by atoms with Crippen molar-refractivity contribution in [2.24, 2.45) is 0 Å². The van der Waals surface area contributed by atoms with Gasteiger partial charge in [-0.15, -0.1) is 0 Å². The molecule has 2 aliphatic heterocycles. The molecule has 2 saturated heterocycles. The van der Waals surface area contributed by atoms with Crippen molar-refractivity contribution in [3.05, 3.63) is 0 Å². The zero-order chi connectivity index (χ0) is 12.0. The Balaban J connectivity index is 1.68. The lowest BCUT2D eigenvalue weighted by molar-refractivity contribution is -0.931. The molecule has 3 heteroatoms. The standard InChI is InChI=1S/C14H29N2O/c1-2-16(10-4-3-5-11-16)12-6-7-15-8-13-17-14-9-15/h2-14H2,1H3/q+1. The van der Waals surface area contributed by atoms with Gasteiger partial charge in [0.15, 0.2) is 0 Å². The van der Waals surface area contributed by atoms with Gasteiger partial charge in [0.25, 0.3) is 0 Å². The third kappa shape index (κ3) is 3.94. The molecular formula is C14H29N2O+. The van der Waals surface area contributed by atoms with Crippen molar-refractivity contribution in [3.8, 4) is 0 Å². The molecule has 0 atom stereocenters. The maximum atomic E-state index is 5.39. The number of quaternary nitrogens is 1. The molecule has 0 N–H and O–H groups in total. The normalized spacial score (nSPS) is 25.9. The van der Waals surface area contributed by atoms with Gasteiger partial charge in [-0.1, -0.05) is 0 Å². The number of piperidine rings is 1. The van der Waals surface area contributed by atoms with Crippen LogP contribution in [0, 0.1) is 0 Å². The molecule has 2 heterocycles. The van der Waals surface area contributed by atoms with Gasteiger partial charge in [-0.25, -0.2) is 0 Å². The Hall–Kier alpha value is -0.120. The lowest BCUT2D eigenvalue weighted by Gasteiger charge is -2.41. The summed E-state index contributed by atoms with van der Waals surface area (Å²) < 4.78 is 6.78. The Kier molecular flexibility index (Phi) is 5.26. The molecule has 0 aromatic heterocycles. The summed E-state index contributed by atoms with van der Waals surface area (Å²) in [5.74, 6) is 0. The van der Waals surface area contributed by atoms with Gasteiger partial charge in [0.2, 0.25) is 0 Å². The van der Waals surface area contributed by atoms with E-state index in [0.29, 0.717) is 0 Å². The Bertz CT molecular complexity index is 208. The summed E-state index contributed by atoms with van der Waals surface area (Å²) in [5.41, 5.74) is 0. The van der Waals surface area contributed by atoms with Crippen LogP contribution in [0.3, 0.4) is 0 Å². The number of morpholine rings is 1. The van der Waals surface area contributed by atoms with E-state index >= 15 is 0 Å². The highest BCUT2D eigenvalue weighted by Gasteiger charge is 2.27. The maximum Gasteiger partial charge on any atom is 0.0798 e. The maximum absolute atomic E-state index is 5.39. The van der Waals surface area contributed by atoms with Crippen molar-refractivity contribution in [2.45, 2.75) is 32.6 Å². The molecule has 0 saturated carbocycles. The van der Waals surface area contributed by atoms with Gasteiger partial charge in [0.1, 0.15) is 0 Å². The van der Waals surface area contributed by atoms with E-state index in [1.54, 1.807) is 0 Å². The summed E-state index contributed by atoms with van der Waals surface area (Å²) in [7, 11) is 0. The third-order valence-electron chi connectivity index (χ3n) is 4.65. The summed E-state index contributed by atoms with van der Waals surface area (Å²) in [6.07, 6.45) is 5.73. The molecule has 0 radical (unpaired) electrons. The SMILES string of the molecule is CC[N+]1(CCCN2CCOCC2)CCCCC1. The van der Waals surface area contributed by atoms with Crippen LogP contribution in [0.4, 0.5) is 0 Å². The van der Waals surface area contributed by atoms with Crippen molar-refractivity contribution in [3.63, 3.8) is 0 Å². The zero-order valence-corrected chi connectivity index (χ0v) is 11.5. The van der Waals surface area contributed by atoms with E-state index in [4.69, 9.17) is 4.74 Å². The van der Waals surface area contributed by atoms with Gasteiger partial charge in [-0.05, 0) is 26.2 Å². The second kappa shape index (κ2) is 6.72. The molecule has 3 nitrogen and oxygen atoms in total. The quantitative estimate of drug-likeness (QED) is 0.680. The van der Waals surface area contributed by atoms with Crippen molar-refractivity contribution in [2.75, 3.05) is 59.0 Å². The molecule has 0 aromatic rings. The predicted molar refractivity (Wildman–Crippen MR) is 71.1 cm³/mol. The molecule has 2 rings (SSSR count). The van der Waals surface area contributed by atoms with Gasteiger partial charge < -0.3 is 9.22 Å². The number of ether oxygens (including phenoxy) is 1. The first kappa shape index (κ1) is 13.3. The molecule has 0 aliphatic carbocycles. The molecular weight excluding hydrogens is 212 g/mol. The second-order valence-electron chi connectivity index (χ2n) is 5.70. The summed E-state index contributed by atoms with van der Waals surface area (Å²) in [6.45, 7) is 13.4. The van der Waals surface area contributed by atoms with Crippen LogP contribution in [-0.4, -0.2) is 68.4 Å². The largest absolute Gasteiger partial charge is 0.379 e. The lowest BCUT2D eigenvalue weighted by Crippen LogP contribution is -2.52. The molecule has 100 valence electrons. The van der Waals surface area contributed by atoms with Gasteiger partial charge in [0.05, 0.1) is 39.4 Å². The third-order valence-corrected chi connectivity index (χ3v) is 4.65. The Morgan fingerprint density at radius 2 is 1.76 bits per heavy atom. The summed E-state index contributed by atoms with van der Waals surface area (Å²) in [5, 5.41) is 0. The predicted octanol–water partition coefficient (Wildman–Crippen LogP) is 1.73. The summed E-state index contributed by atoms with van der Waals surface area (Å²) in [4.78, 5) is 2.57. The minimum absolute atomic E-state index is 0.938. The van der Waals surface area contributed by atoms with E-state index in [2.05, 4.69) is 11.8 Å². The molecule has 2 fully saturated rings. The van der Waals surface area contributed by atoms with Crippen molar-refractivity contribution >= 4 is 0 Å². The van der Waals surface area contributed by atoms with E-state index in [9.17, 15) is 0 Å². The number of likely N-dealkylation sites (tertiary alicyclic amines) is 1. The van der Waals surface area contributed by atoms with Gasteiger partial charge in [-0.3, -0.25) is 4.90 Å². The van der Waals surface area contributed by atoms with E-state index in [1.165, 1.54) is 62.9 Å². The fourth-order valence-corrected chi connectivity index (χ4v) is 3.34. The zero-order valence-electron chi connectivity index (χ0n) is 11.5. The van der Waals surface area contributed by atoms with Crippen LogP contribution < -0.4 is 0 Å². The van der Waals surface area contributed by atoms with Crippen LogP contribution in [-0.2, 0) is 4.74 Å². The van der Waals surface area contributed by atoms with Gasteiger partial charge in [-0.2, -0.15) is 0 Å². The molecule has 0 amide bonds. The van der Waals surface area contributed by atoms with Crippen LogP contribution >= 0.6 is 0 Å². The van der Waals surface area contributed by atoms with E-state index in [0.717, 1.165) is 26.3 Å². The van der Waals surface area contributed by atoms with Gasteiger partial charge in [0, 0.05) is 26.1 Å². The highest BCUT2D eigenvalue weighted by Crippen LogP contribution is 2.19. The first-order valence-electron chi connectivity index (χ1n) is 7.50. The fraction of sp³-hybridized carbons (Fsp3) is 1.00. The first-order chi connectivity index (χ1) is 8.35. The number of hydrogen-bond acceptors (Lipinski definition) is 2. The first-order valence-corrected chi connectivity index (χ1v) is 7.50. The second-order valence-corrected chi connectivity index (χ2v) is 5.70. The summed E-state index contributed by atoms with van der Waals surface area (Å²) >= 11 is 0. The average Bonchev–Trinajstić information content (AvgIpc) is 2.41. The van der Waals surface area contributed by atoms with E-state index < -0.39 is 0 Å². The minimum Gasteiger partial charge on any atom is -0.379 e. The van der Waals surface area contributed by atoms with E-state index in [1.807, 2.05) is 0 Å². The van der Waals surface area contributed by atoms with Gasteiger partial charge >= 0.3 is 0 Å². The van der Waals surface area contributed by atoms with Crippen LogP contribution in [0.25, 0.3) is 0 Å². The van der Waals surface area contributed by atoms with Crippen LogP contribution in [0.5, 0.6) is 0 Å². The monoisotopic (exact) mass is 241 g/mol. The van der Waals surface area contributed by atoms with Crippen molar-refractivity contribution in [1.82, 2.24) is 4.90 Å². The molecule has 0 bridgehead atoms. The Morgan fingerprint density at radius 1 is 1.06 bits per heavy atom. The van der Waals surface area contributed by atoms with E-state index in [-0.39, 0.29) is 0 Å². The fourth-order valence-electron chi connectivity index (χ4n) is 3.34. The van der Waals surface area contributed by atoms with Crippen LogP contribution in [0.1, 0.15) is 32.6 Å². The smallest absolute Gasteiger partial charge is 0.0798 e. The molecule has 0 unspecified atom stereocenters. The van der Waals surface area contributed by atoms with Crippen LogP contribution in [0.15, 0.2) is 0 Å². The van der Waals surface area contributed by atoms with Crippen molar-refractivity contribution < 1.29 is 9.22 Å². The highest BCUT2D eigenvalue weighted by molar-refractivity contribution is 4.62. The molecule has 2 aliphatic rings. The topological polar surface area (TPSA) is 12.5 Å². The number of hydrogen-bond donors (Lipinski definition) is 0. The lowest BCUT2D eigenvalue weighted by atomic mass is 10.1. The van der Waals surface area contributed by atoms with Crippen molar-refractivity contribution in [1.29, 1.82) is 0 Å². The molecule has 0 aromatic carbocycles. The minimum atomic E-state index is 0.938. The number of rotatable bonds is 5. The Morgan fingerprint density at radius 3 is 2.41 bits per heavy atom. The number of nitrogens with zero attached hydrogens (tertiary/aromatic N) is 2. The molecule has 17 heavy (non-hydrogen) atoms. The molecule has 0 spiro atoms. The average molecular weight is 241 g/mol.